The minimum Gasteiger partial charge on any atom is -0.411 e. The summed E-state index contributed by atoms with van der Waals surface area (Å²) in [5.74, 6) is -0.946. The van der Waals surface area contributed by atoms with Crippen LogP contribution in [0.5, 0.6) is 0 Å². The maximum atomic E-state index is 10.7. The van der Waals surface area contributed by atoms with Gasteiger partial charge in [-0.1, -0.05) is 10.3 Å². The number of unbranched alkanes of at least 4 members (excludes halogenated alkanes) is 1. The Morgan fingerprint density at radius 2 is 1.31 bits per heavy atom. The zero-order valence-corrected chi connectivity index (χ0v) is 8.59. The van der Waals surface area contributed by atoms with Crippen molar-refractivity contribution in [3.8, 4) is 0 Å². The molecule has 0 fully saturated rings. The SMILES string of the molecule is O=C(/C=N/O)NCCCCNC(=O)/C=N/O. The van der Waals surface area contributed by atoms with Crippen molar-refractivity contribution in [2.24, 2.45) is 10.3 Å². The fourth-order valence-electron chi connectivity index (χ4n) is 0.869. The predicted octanol–water partition coefficient (Wildman–Crippen LogP) is -1.08. The summed E-state index contributed by atoms with van der Waals surface area (Å²) in [7, 11) is 0. The van der Waals surface area contributed by atoms with E-state index in [1.807, 2.05) is 0 Å². The predicted molar refractivity (Wildman–Crippen MR) is 55.8 cm³/mol. The molecule has 0 aromatic heterocycles. The number of rotatable bonds is 7. The van der Waals surface area contributed by atoms with Gasteiger partial charge < -0.3 is 21.0 Å². The van der Waals surface area contributed by atoms with Crippen LogP contribution in [0.4, 0.5) is 0 Å². The van der Waals surface area contributed by atoms with Crippen molar-refractivity contribution in [1.29, 1.82) is 0 Å². The van der Waals surface area contributed by atoms with E-state index in [-0.39, 0.29) is 0 Å². The lowest BCUT2D eigenvalue weighted by Gasteiger charge is -2.02. The first-order valence-electron chi connectivity index (χ1n) is 4.61. The average molecular weight is 230 g/mol. The molecule has 0 saturated heterocycles. The molecule has 0 aliphatic carbocycles. The topological polar surface area (TPSA) is 123 Å². The lowest BCUT2D eigenvalue weighted by Crippen LogP contribution is -2.28. The zero-order chi connectivity index (χ0) is 12.2. The van der Waals surface area contributed by atoms with Crippen molar-refractivity contribution in [3.05, 3.63) is 0 Å². The van der Waals surface area contributed by atoms with E-state index in [9.17, 15) is 9.59 Å². The smallest absolute Gasteiger partial charge is 0.265 e. The van der Waals surface area contributed by atoms with Crippen LogP contribution in [0.1, 0.15) is 12.8 Å². The van der Waals surface area contributed by atoms with Gasteiger partial charge in [0.2, 0.25) is 0 Å². The van der Waals surface area contributed by atoms with Crippen molar-refractivity contribution >= 4 is 24.2 Å². The fourth-order valence-corrected chi connectivity index (χ4v) is 0.869. The third-order valence-electron chi connectivity index (χ3n) is 1.55. The molecular weight excluding hydrogens is 216 g/mol. The summed E-state index contributed by atoms with van der Waals surface area (Å²) in [4.78, 5) is 21.5. The van der Waals surface area contributed by atoms with E-state index in [0.29, 0.717) is 25.9 Å². The molecule has 0 saturated carbocycles. The second kappa shape index (κ2) is 9.44. The van der Waals surface area contributed by atoms with Crippen molar-refractivity contribution < 1.29 is 20.0 Å². The van der Waals surface area contributed by atoms with Crippen LogP contribution >= 0.6 is 0 Å². The van der Waals surface area contributed by atoms with E-state index in [1.54, 1.807) is 0 Å². The first-order valence-corrected chi connectivity index (χ1v) is 4.61. The molecule has 0 radical (unpaired) electrons. The van der Waals surface area contributed by atoms with Gasteiger partial charge in [0, 0.05) is 13.1 Å². The van der Waals surface area contributed by atoms with Crippen LogP contribution in [0.25, 0.3) is 0 Å². The van der Waals surface area contributed by atoms with E-state index in [1.165, 1.54) is 0 Å². The fraction of sp³-hybridized carbons (Fsp3) is 0.500. The monoisotopic (exact) mass is 230 g/mol. The normalized spacial score (nSPS) is 10.8. The molecule has 16 heavy (non-hydrogen) atoms. The van der Waals surface area contributed by atoms with E-state index < -0.39 is 11.8 Å². The lowest BCUT2D eigenvalue weighted by atomic mass is 10.3. The molecule has 2 amide bonds. The molecule has 8 nitrogen and oxygen atoms in total. The standard InChI is InChI=1S/C8H14N4O4/c13-7(5-11-15)9-3-1-2-4-10-8(14)6-12-16/h5-6,15-16H,1-4H2,(H,9,13)(H,10,14)/b11-5+,12-6+. The summed E-state index contributed by atoms with van der Waals surface area (Å²) in [6.07, 6.45) is 2.86. The Morgan fingerprint density at radius 3 is 1.62 bits per heavy atom. The highest BCUT2D eigenvalue weighted by molar-refractivity contribution is 6.26. The summed E-state index contributed by atoms with van der Waals surface area (Å²) >= 11 is 0. The van der Waals surface area contributed by atoms with Gasteiger partial charge in [-0.25, -0.2) is 0 Å². The highest BCUT2D eigenvalue weighted by Gasteiger charge is 1.97. The first kappa shape index (κ1) is 13.9. The summed E-state index contributed by atoms with van der Waals surface area (Å²) < 4.78 is 0. The van der Waals surface area contributed by atoms with E-state index in [0.717, 1.165) is 12.4 Å². The van der Waals surface area contributed by atoms with Gasteiger partial charge in [0.15, 0.2) is 0 Å². The van der Waals surface area contributed by atoms with Gasteiger partial charge in [0.1, 0.15) is 12.4 Å². The van der Waals surface area contributed by atoms with Crippen LogP contribution in [-0.2, 0) is 9.59 Å². The van der Waals surface area contributed by atoms with Crippen LogP contribution in [0.2, 0.25) is 0 Å². The van der Waals surface area contributed by atoms with Crippen LogP contribution in [0, 0.1) is 0 Å². The molecule has 0 spiro atoms. The maximum absolute atomic E-state index is 10.7. The Labute approximate surface area is 92.0 Å². The summed E-state index contributed by atoms with van der Waals surface area (Å²) in [5.41, 5.74) is 0. The van der Waals surface area contributed by atoms with Gasteiger partial charge in [-0.3, -0.25) is 9.59 Å². The van der Waals surface area contributed by atoms with Crippen molar-refractivity contribution in [3.63, 3.8) is 0 Å². The molecule has 0 unspecified atom stereocenters. The summed E-state index contributed by atoms with van der Waals surface area (Å²) in [6.45, 7) is 0.851. The van der Waals surface area contributed by atoms with Gasteiger partial charge >= 0.3 is 0 Å². The van der Waals surface area contributed by atoms with Crippen LogP contribution < -0.4 is 10.6 Å². The molecule has 0 aromatic rings. The Kier molecular flexibility index (Phi) is 8.19. The summed E-state index contributed by atoms with van der Waals surface area (Å²) in [6, 6.07) is 0. The number of oxime groups is 2. The number of nitrogens with one attached hydrogen (secondary N) is 2. The molecule has 90 valence electrons. The van der Waals surface area contributed by atoms with Crippen LogP contribution in [-0.4, -0.2) is 47.7 Å². The number of amides is 2. The van der Waals surface area contributed by atoms with E-state index in [2.05, 4.69) is 20.9 Å². The van der Waals surface area contributed by atoms with Crippen molar-refractivity contribution in [2.75, 3.05) is 13.1 Å². The Bertz CT molecular complexity index is 249. The lowest BCUT2D eigenvalue weighted by molar-refractivity contribution is -0.115. The van der Waals surface area contributed by atoms with Crippen molar-refractivity contribution in [2.45, 2.75) is 12.8 Å². The number of hydrogen-bond donors (Lipinski definition) is 4. The highest BCUT2D eigenvalue weighted by Crippen LogP contribution is 1.84. The second-order valence-corrected chi connectivity index (χ2v) is 2.78. The summed E-state index contributed by atoms with van der Waals surface area (Å²) in [5, 5.41) is 26.1. The van der Waals surface area contributed by atoms with Gasteiger partial charge in [0.25, 0.3) is 11.8 Å². The minimum atomic E-state index is -0.473. The molecule has 0 aromatic carbocycles. The number of carbonyl (C=O) groups excluding carboxylic acids is 2. The van der Waals surface area contributed by atoms with Crippen LogP contribution in [0.15, 0.2) is 10.3 Å². The molecular formula is C8H14N4O4. The number of hydrogen-bond acceptors (Lipinski definition) is 6. The van der Waals surface area contributed by atoms with Gasteiger partial charge in [-0.15, -0.1) is 0 Å². The Morgan fingerprint density at radius 1 is 0.938 bits per heavy atom. The molecule has 0 bridgehead atoms. The molecule has 0 aliphatic rings. The first-order chi connectivity index (χ1) is 7.70. The molecule has 8 heteroatoms. The largest absolute Gasteiger partial charge is 0.411 e. The third kappa shape index (κ3) is 8.48. The second-order valence-electron chi connectivity index (χ2n) is 2.78. The van der Waals surface area contributed by atoms with Gasteiger partial charge in [-0.2, -0.15) is 0 Å². The van der Waals surface area contributed by atoms with Gasteiger partial charge in [0.05, 0.1) is 0 Å². The molecule has 0 atom stereocenters. The van der Waals surface area contributed by atoms with E-state index >= 15 is 0 Å². The molecule has 0 heterocycles. The Balaban J connectivity index is 3.34. The molecule has 4 N–H and O–H groups in total. The van der Waals surface area contributed by atoms with E-state index in [4.69, 9.17) is 10.4 Å². The minimum absolute atomic E-state index is 0.425. The molecule has 0 aliphatic heterocycles. The number of carbonyl (C=O) groups is 2. The zero-order valence-electron chi connectivity index (χ0n) is 8.59. The average Bonchev–Trinajstić information content (AvgIpc) is 2.24. The van der Waals surface area contributed by atoms with Gasteiger partial charge in [-0.05, 0) is 12.8 Å². The third-order valence-corrected chi connectivity index (χ3v) is 1.55. The van der Waals surface area contributed by atoms with Crippen molar-refractivity contribution in [1.82, 2.24) is 10.6 Å². The molecule has 0 rings (SSSR count). The van der Waals surface area contributed by atoms with Crippen LogP contribution in [0.3, 0.4) is 0 Å². The quantitative estimate of drug-likeness (QED) is 0.192. The number of nitrogens with zero attached hydrogens (tertiary/aromatic N) is 2. The Hall–Kier alpha value is -2.12. The highest BCUT2D eigenvalue weighted by atomic mass is 16.4. The maximum Gasteiger partial charge on any atom is 0.265 e.